The fraction of sp³-hybridized carbons (Fsp3) is 0.222. The van der Waals surface area contributed by atoms with Gasteiger partial charge < -0.3 is 0 Å². The van der Waals surface area contributed by atoms with E-state index in [0.717, 1.165) is 6.07 Å². The van der Waals surface area contributed by atoms with Crippen LogP contribution in [0.5, 0.6) is 0 Å². The largest absolute Gasteiger partial charge is 0.417 e. The van der Waals surface area contributed by atoms with Gasteiger partial charge in [-0.1, -0.05) is 48.9 Å². The quantitative estimate of drug-likeness (QED) is 0.594. The fourth-order valence-corrected chi connectivity index (χ4v) is 2.81. The van der Waals surface area contributed by atoms with Crippen molar-refractivity contribution < 1.29 is 13.2 Å². The van der Waals surface area contributed by atoms with Gasteiger partial charge in [0.15, 0.2) is 11.6 Å². The molecular weight excluding hydrogens is 351 g/mol. The van der Waals surface area contributed by atoms with Gasteiger partial charge in [-0.05, 0) is 24.6 Å². The van der Waals surface area contributed by atoms with Crippen LogP contribution in [0, 0.1) is 0 Å². The molecular formula is C18H15ClF3N3. The predicted molar refractivity (Wildman–Crippen MR) is 91.2 cm³/mol. The van der Waals surface area contributed by atoms with E-state index in [-0.39, 0.29) is 11.4 Å². The lowest BCUT2D eigenvalue weighted by atomic mass is 10.1. The normalized spacial score (nSPS) is 11.7. The second-order valence-electron chi connectivity index (χ2n) is 5.51. The zero-order valence-corrected chi connectivity index (χ0v) is 14.1. The molecule has 0 saturated carbocycles. The number of benzene rings is 2. The summed E-state index contributed by atoms with van der Waals surface area (Å²) in [6.45, 7) is 2.38. The number of halogens is 4. The van der Waals surface area contributed by atoms with E-state index in [9.17, 15) is 13.2 Å². The van der Waals surface area contributed by atoms with E-state index in [2.05, 4.69) is 10.1 Å². The van der Waals surface area contributed by atoms with Gasteiger partial charge >= 0.3 is 6.18 Å². The van der Waals surface area contributed by atoms with Crippen LogP contribution in [-0.4, -0.2) is 14.8 Å². The Hall–Kier alpha value is -2.34. The number of alkyl halides is 3. The summed E-state index contributed by atoms with van der Waals surface area (Å²) in [5, 5.41) is 4.84. The molecule has 2 aromatic carbocycles. The number of hydrogen-bond acceptors (Lipinski definition) is 2. The van der Waals surface area contributed by atoms with Crippen LogP contribution in [0.2, 0.25) is 5.02 Å². The first-order valence-electron chi connectivity index (χ1n) is 7.78. The van der Waals surface area contributed by atoms with Crippen LogP contribution in [0.1, 0.15) is 18.9 Å². The van der Waals surface area contributed by atoms with E-state index >= 15 is 0 Å². The molecule has 0 saturated heterocycles. The van der Waals surface area contributed by atoms with Crippen LogP contribution < -0.4 is 0 Å². The van der Waals surface area contributed by atoms with Crippen molar-refractivity contribution in [3.63, 3.8) is 0 Å². The van der Waals surface area contributed by atoms with Crippen molar-refractivity contribution in [2.75, 3.05) is 0 Å². The lowest BCUT2D eigenvalue weighted by molar-refractivity contribution is -0.137. The average molecular weight is 366 g/mol. The predicted octanol–water partition coefficient (Wildman–Crippen LogP) is 5.69. The van der Waals surface area contributed by atoms with E-state index in [0.29, 0.717) is 29.4 Å². The highest BCUT2D eigenvalue weighted by molar-refractivity contribution is 6.33. The third kappa shape index (κ3) is 3.54. The first-order valence-corrected chi connectivity index (χ1v) is 8.16. The Morgan fingerprint density at radius 1 is 1.00 bits per heavy atom. The van der Waals surface area contributed by atoms with Gasteiger partial charge in [0, 0.05) is 17.7 Å². The minimum atomic E-state index is -4.47. The highest BCUT2D eigenvalue weighted by atomic mass is 35.5. The Bertz CT molecular complexity index is 887. The van der Waals surface area contributed by atoms with Crippen LogP contribution in [-0.2, 0) is 12.7 Å². The Morgan fingerprint density at radius 3 is 2.28 bits per heavy atom. The SMILES string of the molecule is CCCn1nc(-c2ccccc2Cl)nc1-c1ccccc1C(F)(F)F. The molecule has 0 spiro atoms. The summed E-state index contributed by atoms with van der Waals surface area (Å²) in [7, 11) is 0. The third-order valence-corrected chi connectivity index (χ3v) is 4.02. The smallest absolute Gasteiger partial charge is 0.245 e. The van der Waals surface area contributed by atoms with E-state index in [1.54, 1.807) is 30.3 Å². The van der Waals surface area contributed by atoms with Gasteiger partial charge in [-0.2, -0.15) is 18.3 Å². The van der Waals surface area contributed by atoms with Crippen LogP contribution in [0.15, 0.2) is 48.5 Å². The third-order valence-electron chi connectivity index (χ3n) is 3.70. The molecule has 1 aromatic heterocycles. The molecule has 0 amide bonds. The molecule has 1 heterocycles. The molecule has 0 atom stereocenters. The minimum Gasteiger partial charge on any atom is -0.245 e. The summed E-state index contributed by atoms with van der Waals surface area (Å²) in [4.78, 5) is 4.37. The first kappa shape index (κ1) is 17.5. The van der Waals surface area contributed by atoms with Crippen molar-refractivity contribution in [1.29, 1.82) is 0 Å². The topological polar surface area (TPSA) is 30.7 Å². The average Bonchev–Trinajstić information content (AvgIpc) is 2.98. The molecule has 0 aliphatic rings. The van der Waals surface area contributed by atoms with Crippen LogP contribution in [0.3, 0.4) is 0 Å². The summed E-state index contributed by atoms with van der Waals surface area (Å²) in [5.74, 6) is 0.496. The minimum absolute atomic E-state index is 0.00857. The molecule has 0 bridgehead atoms. The highest BCUT2D eigenvalue weighted by Gasteiger charge is 2.34. The Kier molecular flexibility index (Phi) is 4.81. The molecule has 0 fully saturated rings. The van der Waals surface area contributed by atoms with Gasteiger partial charge in [-0.15, -0.1) is 0 Å². The van der Waals surface area contributed by atoms with Crippen molar-refractivity contribution in [1.82, 2.24) is 14.8 Å². The number of hydrogen-bond donors (Lipinski definition) is 0. The van der Waals surface area contributed by atoms with Crippen molar-refractivity contribution >= 4 is 11.6 Å². The maximum atomic E-state index is 13.4. The van der Waals surface area contributed by atoms with Crippen molar-refractivity contribution in [3.05, 3.63) is 59.1 Å². The summed E-state index contributed by atoms with van der Waals surface area (Å²) in [6.07, 6.45) is -3.75. The van der Waals surface area contributed by atoms with Crippen molar-refractivity contribution in [2.24, 2.45) is 0 Å². The van der Waals surface area contributed by atoms with Crippen molar-refractivity contribution in [3.8, 4) is 22.8 Å². The van der Waals surface area contributed by atoms with Gasteiger partial charge in [0.25, 0.3) is 0 Å². The van der Waals surface area contributed by atoms with Gasteiger partial charge in [0.1, 0.15) is 0 Å². The molecule has 0 radical (unpaired) electrons. The monoisotopic (exact) mass is 365 g/mol. The number of rotatable bonds is 4. The van der Waals surface area contributed by atoms with Gasteiger partial charge in [0.05, 0.1) is 10.6 Å². The van der Waals surface area contributed by atoms with Crippen LogP contribution >= 0.6 is 11.6 Å². The lowest BCUT2D eigenvalue weighted by Crippen LogP contribution is -2.10. The Balaban J connectivity index is 2.19. The molecule has 3 rings (SSSR count). The van der Waals surface area contributed by atoms with Crippen LogP contribution in [0.4, 0.5) is 13.2 Å². The first-order chi connectivity index (χ1) is 11.9. The number of aromatic nitrogens is 3. The number of nitrogens with zero attached hydrogens (tertiary/aromatic N) is 3. The fourth-order valence-electron chi connectivity index (χ4n) is 2.59. The van der Waals surface area contributed by atoms with E-state index in [4.69, 9.17) is 11.6 Å². The van der Waals surface area contributed by atoms with Crippen molar-refractivity contribution in [2.45, 2.75) is 26.1 Å². The molecule has 3 aromatic rings. The Morgan fingerprint density at radius 2 is 1.64 bits per heavy atom. The van der Waals surface area contributed by atoms with E-state index in [1.165, 1.54) is 16.8 Å². The summed E-state index contributed by atoms with van der Waals surface area (Å²) in [6, 6.07) is 12.4. The molecule has 3 nitrogen and oxygen atoms in total. The molecule has 0 aliphatic carbocycles. The molecule has 0 aliphatic heterocycles. The van der Waals surface area contributed by atoms with Gasteiger partial charge in [0.2, 0.25) is 0 Å². The zero-order chi connectivity index (χ0) is 18.0. The highest BCUT2D eigenvalue weighted by Crippen LogP contribution is 2.37. The molecule has 0 unspecified atom stereocenters. The van der Waals surface area contributed by atoms with E-state index < -0.39 is 11.7 Å². The van der Waals surface area contributed by atoms with Gasteiger partial charge in [-0.25, -0.2) is 9.67 Å². The maximum absolute atomic E-state index is 13.4. The molecule has 0 N–H and O–H groups in total. The second kappa shape index (κ2) is 6.88. The lowest BCUT2D eigenvalue weighted by Gasteiger charge is -2.12. The molecule has 7 heteroatoms. The molecule has 25 heavy (non-hydrogen) atoms. The maximum Gasteiger partial charge on any atom is 0.417 e. The van der Waals surface area contributed by atoms with Crippen LogP contribution in [0.25, 0.3) is 22.8 Å². The molecule has 130 valence electrons. The summed E-state index contributed by atoms with van der Waals surface area (Å²) < 4.78 is 41.6. The zero-order valence-electron chi connectivity index (χ0n) is 13.4. The second-order valence-corrected chi connectivity index (χ2v) is 5.91. The Labute approximate surface area is 148 Å². The summed E-state index contributed by atoms with van der Waals surface area (Å²) in [5.41, 5.74) is -0.135. The van der Waals surface area contributed by atoms with Gasteiger partial charge in [-0.3, -0.25) is 0 Å². The standard InChI is InChI=1S/C18H15ClF3N3/c1-2-11-25-17(12-7-3-5-9-14(12)18(20,21)22)23-16(24-25)13-8-4-6-10-15(13)19/h3-10H,2,11H2,1H3. The van der Waals surface area contributed by atoms with E-state index in [1.807, 2.05) is 6.92 Å². The summed E-state index contributed by atoms with van der Waals surface area (Å²) >= 11 is 6.18. The number of aryl methyl sites for hydroxylation is 1.